The molecule has 5 rings (SSSR count). The lowest BCUT2D eigenvalue weighted by atomic mass is 10.1. The van der Waals surface area contributed by atoms with Crippen molar-refractivity contribution in [3.05, 3.63) is 42.0 Å². The minimum atomic E-state index is -0.597. The van der Waals surface area contributed by atoms with Gasteiger partial charge in [-0.1, -0.05) is 6.92 Å². The summed E-state index contributed by atoms with van der Waals surface area (Å²) in [6.45, 7) is 5.64. The van der Waals surface area contributed by atoms with E-state index in [9.17, 15) is 4.79 Å². The number of aromatic nitrogens is 4. The number of nitrogens with zero attached hydrogens (tertiary/aromatic N) is 5. The van der Waals surface area contributed by atoms with Gasteiger partial charge in [0.2, 0.25) is 0 Å². The molecule has 9 nitrogen and oxygen atoms in total. The summed E-state index contributed by atoms with van der Waals surface area (Å²) in [6, 6.07) is 4.99. The van der Waals surface area contributed by atoms with Gasteiger partial charge in [-0.2, -0.15) is 10.2 Å². The lowest BCUT2D eigenvalue weighted by molar-refractivity contribution is 0.102. The maximum Gasteiger partial charge on any atom is 0.261 e. The van der Waals surface area contributed by atoms with Crippen LogP contribution < -0.4 is 20.3 Å². The number of carbonyl (C=O) groups excluding carboxylic acids is 1. The molecule has 1 unspecified atom stereocenters. The Morgan fingerprint density at radius 2 is 2.00 bits per heavy atom. The van der Waals surface area contributed by atoms with E-state index in [1.54, 1.807) is 28.5 Å². The van der Waals surface area contributed by atoms with Gasteiger partial charge in [-0.3, -0.25) is 14.2 Å². The lowest BCUT2D eigenvalue weighted by Gasteiger charge is -2.21. The number of benzene rings is 2. The van der Waals surface area contributed by atoms with E-state index in [-0.39, 0.29) is 5.56 Å². The first-order valence-electron chi connectivity index (χ1n) is 11.8. The van der Waals surface area contributed by atoms with E-state index in [0.29, 0.717) is 22.9 Å². The van der Waals surface area contributed by atoms with Crippen LogP contribution in [0.15, 0.2) is 30.6 Å². The van der Waals surface area contributed by atoms with Crippen LogP contribution in [0.2, 0.25) is 0 Å². The molecule has 0 radical (unpaired) electrons. The number of halogens is 1. The van der Waals surface area contributed by atoms with Gasteiger partial charge in [-0.15, -0.1) is 0 Å². The van der Waals surface area contributed by atoms with E-state index < -0.39 is 11.7 Å². The van der Waals surface area contributed by atoms with Crippen LogP contribution >= 0.6 is 0 Å². The molecule has 1 atom stereocenters. The third-order valence-corrected chi connectivity index (χ3v) is 6.57. The summed E-state index contributed by atoms with van der Waals surface area (Å²) in [6.07, 6.45) is 4.73. The van der Waals surface area contributed by atoms with Crippen molar-refractivity contribution in [1.82, 2.24) is 24.9 Å². The number of rotatable bonds is 7. The molecular weight excluding hydrogens is 449 g/mol. The number of carbonyl (C=O) groups is 1. The van der Waals surface area contributed by atoms with Crippen LogP contribution in [-0.4, -0.2) is 58.8 Å². The van der Waals surface area contributed by atoms with Crippen LogP contribution in [0.25, 0.3) is 21.8 Å². The van der Waals surface area contributed by atoms with E-state index >= 15 is 4.39 Å². The Kier molecular flexibility index (Phi) is 6.06. The summed E-state index contributed by atoms with van der Waals surface area (Å²) in [5.74, 6) is -0.226. The van der Waals surface area contributed by atoms with Gasteiger partial charge < -0.3 is 20.3 Å². The van der Waals surface area contributed by atoms with Gasteiger partial charge in [0.15, 0.2) is 0 Å². The third-order valence-electron chi connectivity index (χ3n) is 6.57. The molecule has 2 aromatic heterocycles. The lowest BCUT2D eigenvalue weighted by Crippen LogP contribution is -2.26. The second-order valence-electron chi connectivity index (χ2n) is 9.09. The molecule has 1 amide bonds. The predicted octanol–water partition coefficient (Wildman–Crippen LogP) is 3.30. The second kappa shape index (κ2) is 9.18. The zero-order valence-electron chi connectivity index (χ0n) is 20.4. The number of fused-ring (bicyclic) bond motifs is 2. The Balaban J connectivity index is 1.50. The van der Waals surface area contributed by atoms with Crippen molar-refractivity contribution >= 4 is 39.1 Å². The van der Waals surface area contributed by atoms with Crippen molar-refractivity contribution in [1.29, 1.82) is 0 Å². The topological polar surface area (TPSA) is 89.2 Å². The fourth-order valence-corrected chi connectivity index (χ4v) is 4.92. The highest BCUT2D eigenvalue weighted by Gasteiger charge is 2.28. The van der Waals surface area contributed by atoms with Crippen molar-refractivity contribution < 1.29 is 13.9 Å². The SMILES string of the molecule is CCNCC1CCN(c2cc(F)c(C(=O)Nc3cc4cn(C)nc4cc3OC)c3nn(C)cc23)C1. The standard InChI is InChI=1S/C25H30FN7O2/c1-5-27-11-15-6-7-33(12-15)21-9-18(26)23(24-17(21)14-32(3)30-24)25(34)28-20-8-16-13-31(2)29-19(16)10-22(20)35-4/h8-10,13-15,27H,5-7,11-12H2,1-4H3,(H,28,34). The molecule has 0 saturated carbocycles. The average molecular weight is 480 g/mol. The monoisotopic (exact) mass is 479 g/mol. The summed E-state index contributed by atoms with van der Waals surface area (Å²) in [5.41, 5.74) is 2.22. The number of hydrogen-bond acceptors (Lipinski definition) is 6. The molecule has 3 heterocycles. The van der Waals surface area contributed by atoms with Gasteiger partial charge in [-0.05, 0) is 37.6 Å². The fourth-order valence-electron chi connectivity index (χ4n) is 4.92. The van der Waals surface area contributed by atoms with Crippen LogP contribution in [0.4, 0.5) is 15.8 Å². The van der Waals surface area contributed by atoms with Crippen LogP contribution in [-0.2, 0) is 14.1 Å². The molecule has 184 valence electrons. The van der Waals surface area contributed by atoms with Crippen LogP contribution in [0.1, 0.15) is 23.7 Å². The number of ether oxygens (including phenoxy) is 1. The van der Waals surface area contributed by atoms with Crippen molar-refractivity contribution in [3.8, 4) is 5.75 Å². The van der Waals surface area contributed by atoms with Gasteiger partial charge in [0.1, 0.15) is 22.6 Å². The first-order valence-corrected chi connectivity index (χ1v) is 11.8. The highest BCUT2D eigenvalue weighted by Crippen LogP contribution is 2.35. The van der Waals surface area contributed by atoms with E-state index in [4.69, 9.17) is 4.74 Å². The molecule has 1 saturated heterocycles. The number of methoxy groups -OCH3 is 1. The summed E-state index contributed by atoms with van der Waals surface area (Å²) in [4.78, 5) is 15.6. The van der Waals surface area contributed by atoms with Gasteiger partial charge >= 0.3 is 0 Å². The largest absolute Gasteiger partial charge is 0.494 e. The van der Waals surface area contributed by atoms with Crippen molar-refractivity contribution in [2.24, 2.45) is 20.0 Å². The first-order chi connectivity index (χ1) is 16.9. The normalized spacial score (nSPS) is 15.9. The van der Waals surface area contributed by atoms with Crippen molar-refractivity contribution in [3.63, 3.8) is 0 Å². The molecule has 35 heavy (non-hydrogen) atoms. The summed E-state index contributed by atoms with van der Waals surface area (Å²) >= 11 is 0. The molecule has 1 aliphatic heterocycles. The first kappa shape index (κ1) is 23.1. The maximum atomic E-state index is 15.5. The van der Waals surface area contributed by atoms with Crippen LogP contribution in [0.3, 0.4) is 0 Å². The van der Waals surface area contributed by atoms with Gasteiger partial charge in [-0.25, -0.2) is 4.39 Å². The summed E-state index contributed by atoms with van der Waals surface area (Å²) < 4.78 is 24.3. The van der Waals surface area contributed by atoms with Crippen LogP contribution in [0.5, 0.6) is 5.75 Å². The minimum absolute atomic E-state index is 0.0823. The van der Waals surface area contributed by atoms with Gasteiger partial charge in [0, 0.05) is 56.4 Å². The summed E-state index contributed by atoms with van der Waals surface area (Å²) in [7, 11) is 5.12. The van der Waals surface area contributed by atoms with Gasteiger partial charge in [0.05, 0.1) is 24.0 Å². The molecule has 2 N–H and O–H groups in total. The van der Waals surface area contributed by atoms with E-state index in [2.05, 4.69) is 32.7 Å². The number of nitrogens with one attached hydrogen (secondary N) is 2. The molecule has 1 aliphatic rings. The van der Waals surface area contributed by atoms with E-state index in [1.807, 2.05) is 19.4 Å². The molecule has 2 aromatic carbocycles. The smallest absolute Gasteiger partial charge is 0.261 e. The molecule has 0 aliphatic carbocycles. The molecule has 1 fully saturated rings. The molecular formula is C25H30FN7O2. The number of amides is 1. The quantitative estimate of drug-likeness (QED) is 0.423. The number of aryl methyl sites for hydroxylation is 2. The Morgan fingerprint density at radius 3 is 2.77 bits per heavy atom. The maximum absolute atomic E-state index is 15.5. The Morgan fingerprint density at radius 1 is 1.20 bits per heavy atom. The second-order valence-corrected chi connectivity index (χ2v) is 9.09. The molecule has 0 spiro atoms. The zero-order chi connectivity index (χ0) is 24.7. The van der Waals surface area contributed by atoms with Crippen LogP contribution in [0, 0.1) is 11.7 Å². The molecule has 0 bridgehead atoms. The minimum Gasteiger partial charge on any atom is -0.494 e. The Bertz CT molecular complexity index is 1410. The van der Waals surface area contributed by atoms with Gasteiger partial charge in [0.25, 0.3) is 5.91 Å². The Hall–Kier alpha value is -3.66. The van der Waals surface area contributed by atoms with E-state index in [0.717, 1.165) is 54.6 Å². The van der Waals surface area contributed by atoms with Crippen molar-refractivity contribution in [2.45, 2.75) is 13.3 Å². The zero-order valence-corrected chi connectivity index (χ0v) is 20.4. The highest BCUT2D eigenvalue weighted by atomic mass is 19.1. The number of hydrogen-bond donors (Lipinski definition) is 2. The average Bonchev–Trinajstić information content (AvgIpc) is 3.53. The highest BCUT2D eigenvalue weighted by molar-refractivity contribution is 6.15. The third kappa shape index (κ3) is 4.29. The van der Waals surface area contributed by atoms with Crippen molar-refractivity contribution in [2.75, 3.05) is 43.5 Å². The molecule has 10 heteroatoms. The predicted molar refractivity (Wildman–Crippen MR) is 135 cm³/mol. The Labute approximate surface area is 202 Å². The summed E-state index contributed by atoms with van der Waals surface area (Å²) in [5, 5.41) is 16.7. The van der Waals surface area contributed by atoms with E-state index in [1.165, 1.54) is 13.2 Å². The number of anilines is 2. The fraction of sp³-hybridized carbons (Fsp3) is 0.400. The molecule has 4 aromatic rings.